The Hall–Kier alpha value is -0.320. The molecule has 0 unspecified atom stereocenters. The fourth-order valence-corrected chi connectivity index (χ4v) is 0.701. The van der Waals surface area contributed by atoms with Gasteiger partial charge in [-0.2, -0.15) is 8.78 Å². The molecule has 0 aliphatic carbocycles. The Bertz CT molecular complexity index is 127. The second kappa shape index (κ2) is 2.97. The third-order valence-electron chi connectivity index (χ3n) is 1.00. The predicted molar refractivity (Wildman–Crippen MR) is 33.9 cm³/mol. The topological polar surface area (TPSA) is 0 Å². The Labute approximate surface area is 63.2 Å². The lowest BCUT2D eigenvalue weighted by molar-refractivity contribution is -0.879. The Morgan fingerprint density at radius 2 is 1.55 bits per heavy atom. The van der Waals surface area contributed by atoms with Gasteiger partial charge in [0.2, 0.25) is 0 Å². The van der Waals surface area contributed by atoms with Crippen molar-refractivity contribution in [2.75, 3.05) is 27.7 Å². The van der Waals surface area contributed by atoms with Gasteiger partial charge in [-0.15, -0.1) is 0 Å². The minimum atomic E-state index is -3.88. The zero-order valence-corrected chi connectivity index (χ0v) is 6.74. The summed E-state index contributed by atoms with van der Waals surface area (Å²) in [6.07, 6.45) is -3.57. The molecule has 5 heteroatoms. The highest BCUT2D eigenvalue weighted by atomic mass is 19.3. The van der Waals surface area contributed by atoms with Crippen molar-refractivity contribution >= 4 is 0 Å². The molecule has 0 atom stereocenters. The van der Waals surface area contributed by atoms with Crippen LogP contribution >= 0.6 is 0 Å². The third-order valence-corrected chi connectivity index (χ3v) is 1.00. The molecule has 0 aromatic carbocycles. The summed E-state index contributed by atoms with van der Waals surface area (Å²) < 4.78 is 47.5. The van der Waals surface area contributed by atoms with Gasteiger partial charge in [0, 0.05) is 0 Å². The summed E-state index contributed by atoms with van der Waals surface area (Å²) >= 11 is 0. The number of nitrogens with zero attached hydrogens (tertiary/aromatic N) is 1. The smallest absolute Gasteiger partial charge is 0.326 e. The first-order valence-electron chi connectivity index (χ1n) is 3.11. The molecule has 0 aliphatic rings. The van der Waals surface area contributed by atoms with Crippen LogP contribution in [-0.4, -0.2) is 44.5 Å². The van der Waals surface area contributed by atoms with Crippen LogP contribution in [0.2, 0.25) is 0 Å². The molecule has 0 aliphatic heterocycles. The summed E-state index contributed by atoms with van der Waals surface area (Å²) in [5.41, 5.74) is 0. The molecule has 0 aromatic rings. The van der Waals surface area contributed by atoms with Crippen LogP contribution in [0, 0.1) is 0 Å². The summed E-state index contributed by atoms with van der Waals surface area (Å²) in [4.78, 5) is 0. The van der Waals surface area contributed by atoms with Gasteiger partial charge in [-0.25, -0.2) is 8.78 Å². The maximum Gasteiger partial charge on any atom is 0.354 e. The van der Waals surface area contributed by atoms with Gasteiger partial charge < -0.3 is 4.48 Å². The van der Waals surface area contributed by atoms with E-state index in [1.165, 1.54) is 21.1 Å². The molecule has 0 amide bonds. The molecule has 0 rings (SSSR count). The molecule has 0 radical (unpaired) electrons. The summed E-state index contributed by atoms with van der Waals surface area (Å²) in [6.45, 7) is -0.843. The zero-order chi connectivity index (χ0) is 9.28. The van der Waals surface area contributed by atoms with Crippen molar-refractivity contribution in [3.8, 4) is 0 Å². The highest BCUT2D eigenvalue weighted by molar-refractivity contribution is 4.67. The molecule has 0 aromatic heterocycles. The lowest BCUT2D eigenvalue weighted by atomic mass is 10.3. The monoisotopic (exact) mass is 174 g/mol. The van der Waals surface area contributed by atoms with Gasteiger partial charge in [-0.3, -0.25) is 0 Å². The van der Waals surface area contributed by atoms with Crippen molar-refractivity contribution < 1.29 is 22.0 Å². The van der Waals surface area contributed by atoms with Gasteiger partial charge in [0.25, 0.3) is 0 Å². The van der Waals surface area contributed by atoms with Gasteiger partial charge >= 0.3 is 12.3 Å². The van der Waals surface area contributed by atoms with Crippen molar-refractivity contribution in [1.29, 1.82) is 0 Å². The Morgan fingerprint density at radius 3 is 1.64 bits per heavy atom. The van der Waals surface area contributed by atoms with Crippen molar-refractivity contribution in [2.24, 2.45) is 0 Å². The number of halogens is 4. The number of quaternary nitrogens is 1. The molecule has 0 heterocycles. The second-order valence-corrected chi connectivity index (χ2v) is 3.51. The molecular weight excluding hydrogens is 162 g/mol. The van der Waals surface area contributed by atoms with Crippen LogP contribution in [0.15, 0.2) is 0 Å². The molecule has 0 spiro atoms. The summed E-state index contributed by atoms with van der Waals surface area (Å²) in [7, 11) is 4.32. The van der Waals surface area contributed by atoms with E-state index in [1.54, 1.807) is 0 Å². The molecule has 0 saturated carbocycles. The van der Waals surface area contributed by atoms with Crippen LogP contribution in [0.25, 0.3) is 0 Å². The Balaban J connectivity index is 4.13. The van der Waals surface area contributed by atoms with E-state index in [0.717, 1.165) is 0 Å². The molecular formula is C6H12F4N+. The minimum absolute atomic E-state index is 0.169. The fourth-order valence-electron chi connectivity index (χ4n) is 0.701. The molecule has 11 heavy (non-hydrogen) atoms. The van der Waals surface area contributed by atoms with Crippen LogP contribution in [-0.2, 0) is 0 Å². The highest BCUT2D eigenvalue weighted by Gasteiger charge is 2.45. The molecule has 68 valence electrons. The van der Waals surface area contributed by atoms with Crippen molar-refractivity contribution in [1.82, 2.24) is 0 Å². The normalized spacial score (nSPS) is 14.2. The summed E-state index contributed by atoms with van der Waals surface area (Å²) in [5, 5.41) is 0. The van der Waals surface area contributed by atoms with Crippen LogP contribution in [0.4, 0.5) is 17.6 Å². The maximum atomic E-state index is 12.3. The Morgan fingerprint density at radius 1 is 1.18 bits per heavy atom. The lowest BCUT2D eigenvalue weighted by Gasteiger charge is -2.28. The third kappa shape index (κ3) is 4.19. The minimum Gasteiger partial charge on any atom is -0.326 e. The highest BCUT2D eigenvalue weighted by Crippen LogP contribution is 2.24. The van der Waals surface area contributed by atoms with E-state index >= 15 is 0 Å². The van der Waals surface area contributed by atoms with Crippen molar-refractivity contribution in [3.63, 3.8) is 0 Å². The molecule has 0 fully saturated rings. The lowest BCUT2D eigenvalue weighted by Crippen LogP contribution is -2.48. The van der Waals surface area contributed by atoms with Crippen LogP contribution < -0.4 is 0 Å². The predicted octanol–water partition coefficient (Wildman–Crippen LogP) is 1.59. The second-order valence-electron chi connectivity index (χ2n) is 3.51. The van der Waals surface area contributed by atoms with E-state index in [1.807, 2.05) is 0 Å². The first-order valence-corrected chi connectivity index (χ1v) is 3.11. The van der Waals surface area contributed by atoms with Crippen LogP contribution in [0.5, 0.6) is 0 Å². The number of alkyl halides is 4. The van der Waals surface area contributed by atoms with E-state index in [9.17, 15) is 17.6 Å². The largest absolute Gasteiger partial charge is 0.354 e. The standard InChI is InChI=1S/C6H12F4N/c1-11(2,3)4-6(9,10)5(7)8/h5H,4H2,1-3H3/q+1. The average molecular weight is 174 g/mol. The number of hydrogen-bond donors (Lipinski definition) is 0. The Kier molecular flexibility index (Phi) is 2.88. The van der Waals surface area contributed by atoms with Crippen molar-refractivity contribution in [2.45, 2.75) is 12.3 Å². The van der Waals surface area contributed by atoms with E-state index in [2.05, 4.69) is 0 Å². The van der Waals surface area contributed by atoms with Gasteiger partial charge in [-0.05, 0) is 0 Å². The van der Waals surface area contributed by atoms with E-state index in [4.69, 9.17) is 0 Å². The van der Waals surface area contributed by atoms with Gasteiger partial charge in [0.1, 0.15) is 6.54 Å². The SMILES string of the molecule is C[N+](C)(C)CC(F)(F)C(F)F. The number of rotatable bonds is 3. The van der Waals surface area contributed by atoms with Gasteiger partial charge in [0.15, 0.2) is 0 Å². The van der Waals surface area contributed by atoms with Gasteiger partial charge in [0.05, 0.1) is 21.1 Å². The number of hydrogen-bond acceptors (Lipinski definition) is 0. The maximum absolute atomic E-state index is 12.3. The summed E-state index contributed by atoms with van der Waals surface area (Å²) in [6, 6.07) is 0. The van der Waals surface area contributed by atoms with E-state index in [-0.39, 0.29) is 4.48 Å². The molecule has 0 saturated heterocycles. The first kappa shape index (κ1) is 10.7. The van der Waals surface area contributed by atoms with Gasteiger partial charge in [-0.1, -0.05) is 0 Å². The van der Waals surface area contributed by atoms with E-state index < -0.39 is 18.9 Å². The molecule has 0 N–H and O–H groups in total. The molecule has 1 nitrogen and oxygen atoms in total. The fraction of sp³-hybridized carbons (Fsp3) is 1.00. The quantitative estimate of drug-likeness (QED) is 0.450. The van der Waals surface area contributed by atoms with Crippen LogP contribution in [0.3, 0.4) is 0 Å². The summed E-state index contributed by atoms with van der Waals surface area (Å²) in [5.74, 6) is -3.88. The first-order chi connectivity index (χ1) is 4.65. The van der Waals surface area contributed by atoms with Crippen LogP contribution in [0.1, 0.15) is 0 Å². The van der Waals surface area contributed by atoms with E-state index in [0.29, 0.717) is 0 Å². The zero-order valence-electron chi connectivity index (χ0n) is 6.74. The molecule has 0 bridgehead atoms. The van der Waals surface area contributed by atoms with Crippen molar-refractivity contribution in [3.05, 3.63) is 0 Å². The average Bonchev–Trinajstić information content (AvgIpc) is 1.56.